The van der Waals surface area contributed by atoms with E-state index in [-0.39, 0.29) is 0 Å². The molecule has 1 heterocycles. The molecular weight excluding hydrogens is 417 g/mol. The van der Waals surface area contributed by atoms with Crippen molar-refractivity contribution in [3.8, 4) is 11.5 Å². The van der Waals surface area contributed by atoms with Gasteiger partial charge in [0, 0.05) is 29.9 Å². The van der Waals surface area contributed by atoms with Crippen LogP contribution in [0.2, 0.25) is 0 Å². The number of aryl methyl sites for hydroxylation is 4. The van der Waals surface area contributed by atoms with Crippen molar-refractivity contribution in [1.29, 1.82) is 0 Å². The van der Waals surface area contributed by atoms with Crippen LogP contribution in [0.15, 0.2) is 54.6 Å². The summed E-state index contributed by atoms with van der Waals surface area (Å²) in [6.45, 7) is 11.5. The number of hydrogen-bond donors (Lipinski definition) is 0. The van der Waals surface area contributed by atoms with E-state index in [1.807, 2.05) is 26.8 Å². The minimum atomic E-state index is -3.39. The predicted octanol–water partition coefficient (Wildman–Crippen LogP) is 7.50. The molecular formula is C27H32NO3P. The van der Waals surface area contributed by atoms with Gasteiger partial charge in [-0.25, -0.2) is 4.57 Å². The van der Waals surface area contributed by atoms with Crippen molar-refractivity contribution in [3.63, 3.8) is 0 Å². The molecule has 0 aliphatic carbocycles. The summed E-state index contributed by atoms with van der Waals surface area (Å²) in [6.07, 6.45) is 1.09. The fourth-order valence-electron chi connectivity index (χ4n) is 4.53. The first kappa shape index (κ1) is 22.5. The molecule has 0 unspecified atom stereocenters. The van der Waals surface area contributed by atoms with Crippen molar-refractivity contribution in [1.82, 2.24) is 0 Å². The first-order chi connectivity index (χ1) is 15.3. The van der Waals surface area contributed by atoms with E-state index < -0.39 is 7.60 Å². The maximum Gasteiger partial charge on any atom is 0.430 e. The lowest BCUT2D eigenvalue weighted by Crippen LogP contribution is -2.24. The average Bonchev–Trinajstić information content (AvgIpc) is 2.73. The van der Waals surface area contributed by atoms with Gasteiger partial charge in [0.1, 0.15) is 11.5 Å². The highest BCUT2D eigenvalue weighted by Gasteiger charge is 2.32. The quantitative estimate of drug-likeness (QED) is 0.388. The third-order valence-electron chi connectivity index (χ3n) is 5.79. The number of nitrogens with zero attached hydrogens (tertiary/aromatic N) is 1. The second-order valence-corrected chi connectivity index (χ2v) is 10.9. The van der Waals surface area contributed by atoms with E-state index in [4.69, 9.17) is 9.05 Å². The van der Waals surface area contributed by atoms with Crippen LogP contribution in [0, 0.1) is 27.7 Å². The summed E-state index contributed by atoms with van der Waals surface area (Å²) in [5.74, 6) is 1.36. The van der Waals surface area contributed by atoms with E-state index >= 15 is 0 Å². The molecule has 4 nitrogen and oxygen atoms in total. The van der Waals surface area contributed by atoms with Gasteiger partial charge < -0.3 is 13.9 Å². The van der Waals surface area contributed by atoms with Gasteiger partial charge in [-0.3, -0.25) is 0 Å². The smallest absolute Gasteiger partial charge is 0.415 e. The maximum absolute atomic E-state index is 14.0. The summed E-state index contributed by atoms with van der Waals surface area (Å²) in [7, 11) is -3.39. The molecule has 4 rings (SSSR count). The van der Waals surface area contributed by atoms with Crippen LogP contribution in [0.5, 0.6) is 11.5 Å². The Morgan fingerprint density at radius 1 is 0.812 bits per heavy atom. The molecule has 1 aliphatic heterocycles. The van der Waals surface area contributed by atoms with E-state index in [9.17, 15) is 4.57 Å². The lowest BCUT2D eigenvalue weighted by Gasteiger charge is -2.32. The maximum atomic E-state index is 14.0. The van der Waals surface area contributed by atoms with Gasteiger partial charge in [0.25, 0.3) is 0 Å². The van der Waals surface area contributed by atoms with Crippen molar-refractivity contribution in [2.24, 2.45) is 0 Å². The zero-order valence-electron chi connectivity index (χ0n) is 19.6. The third kappa shape index (κ3) is 4.71. The lowest BCUT2D eigenvalue weighted by molar-refractivity contribution is 0.377. The Morgan fingerprint density at radius 3 is 1.78 bits per heavy atom. The molecule has 0 fully saturated rings. The number of hydrogen-bond acceptors (Lipinski definition) is 4. The average molecular weight is 450 g/mol. The highest BCUT2D eigenvalue weighted by molar-refractivity contribution is 7.54. The van der Waals surface area contributed by atoms with E-state index in [2.05, 4.69) is 67.3 Å². The van der Waals surface area contributed by atoms with Crippen molar-refractivity contribution in [2.45, 2.75) is 54.1 Å². The Balaban J connectivity index is 1.93. The largest absolute Gasteiger partial charge is 0.430 e. The molecule has 0 bridgehead atoms. The molecule has 0 atom stereocenters. The standard InChI is InChI=1S/C27H32NO3P/c1-6-12-32(29)30-26-21(4)13-19(2)15-23(26)17-28(25-10-8-7-9-11-25)18-24-16-20(3)14-22(5)27(24)31-32/h7-11,13-16H,6,12,17-18H2,1-5H3. The van der Waals surface area contributed by atoms with Crippen molar-refractivity contribution in [2.75, 3.05) is 11.1 Å². The molecule has 168 valence electrons. The molecule has 32 heavy (non-hydrogen) atoms. The summed E-state index contributed by atoms with van der Waals surface area (Å²) < 4.78 is 26.6. The van der Waals surface area contributed by atoms with Crippen LogP contribution in [0.4, 0.5) is 5.69 Å². The Hall–Kier alpha value is -2.71. The molecule has 0 N–H and O–H groups in total. The molecule has 3 aromatic carbocycles. The van der Waals surface area contributed by atoms with E-state index in [1.165, 1.54) is 0 Å². The number of rotatable bonds is 3. The molecule has 0 saturated carbocycles. The van der Waals surface area contributed by atoms with Gasteiger partial charge in [0.05, 0.1) is 6.16 Å². The molecule has 3 aromatic rings. The summed E-state index contributed by atoms with van der Waals surface area (Å²) in [5, 5.41) is 0. The number of anilines is 1. The van der Waals surface area contributed by atoms with Crippen molar-refractivity contribution in [3.05, 3.63) is 88.0 Å². The van der Waals surface area contributed by atoms with Gasteiger partial charge in [-0.2, -0.15) is 0 Å². The summed E-state index contributed by atoms with van der Waals surface area (Å²) in [6, 6.07) is 18.8. The van der Waals surface area contributed by atoms with Gasteiger partial charge in [-0.15, -0.1) is 0 Å². The zero-order chi connectivity index (χ0) is 22.9. The van der Waals surface area contributed by atoms with Crippen LogP contribution >= 0.6 is 7.60 Å². The molecule has 0 aromatic heterocycles. The number of benzene rings is 3. The monoisotopic (exact) mass is 449 g/mol. The second-order valence-electron chi connectivity index (χ2n) is 8.85. The second kappa shape index (κ2) is 9.03. The van der Waals surface area contributed by atoms with Crippen LogP contribution < -0.4 is 13.9 Å². The third-order valence-corrected chi connectivity index (χ3v) is 7.71. The van der Waals surface area contributed by atoms with Crippen LogP contribution in [-0.4, -0.2) is 6.16 Å². The molecule has 0 amide bonds. The molecule has 0 radical (unpaired) electrons. The summed E-state index contributed by atoms with van der Waals surface area (Å²) >= 11 is 0. The summed E-state index contributed by atoms with van der Waals surface area (Å²) in [4.78, 5) is 2.33. The number of para-hydroxylation sites is 1. The minimum absolute atomic E-state index is 0.370. The highest BCUT2D eigenvalue weighted by atomic mass is 31.2. The van der Waals surface area contributed by atoms with E-state index in [0.29, 0.717) is 37.2 Å². The Bertz CT molecular complexity index is 1110. The molecule has 0 saturated heterocycles. The fourth-order valence-corrected chi connectivity index (χ4v) is 6.38. The zero-order valence-corrected chi connectivity index (χ0v) is 20.5. The summed E-state index contributed by atoms with van der Waals surface area (Å²) in [5.41, 5.74) is 7.46. The van der Waals surface area contributed by atoms with Crippen LogP contribution in [0.25, 0.3) is 0 Å². The predicted molar refractivity (Wildman–Crippen MR) is 132 cm³/mol. The Labute approximate surface area is 191 Å². The van der Waals surface area contributed by atoms with Gasteiger partial charge in [0.15, 0.2) is 0 Å². The molecule has 0 spiro atoms. The lowest BCUT2D eigenvalue weighted by atomic mass is 10.0. The SMILES string of the molecule is CCCP1(=O)Oc2c(C)cc(C)cc2CN(c2ccccc2)Cc2cc(C)cc(C)c2O1. The van der Waals surface area contributed by atoms with E-state index in [0.717, 1.165) is 39.1 Å². The number of fused-ring (bicyclic) bond motifs is 2. The fraction of sp³-hybridized carbons (Fsp3) is 0.333. The first-order valence-electron chi connectivity index (χ1n) is 11.3. The highest BCUT2D eigenvalue weighted by Crippen LogP contribution is 2.53. The van der Waals surface area contributed by atoms with Crippen LogP contribution in [-0.2, 0) is 17.7 Å². The first-order valence-corrected chi connectivity index (χ1v) is 13.0. The topological polar surface area (TPSA) is 38.8 Å². The van der Waals surface area contributed by atoms with Crippen molar-refractivity contribution < 1.29 is 13.6 Å². The van der Waals surface area contributed by atoms with Gasteiger partial charge >= 0.3 is 7.60 Å². The van der Waals surface area contributed by atoms with Crippen molar-refractivity contribution >= 4 is 13.3 Å². The van der Waals surface area contributed by atoms with Gasteiger partial charge in [0.2, 0.25) is 0 Å². The van der Waals surface area contributed by atoms with Gasteiger partial charge in [-0.05, 0) is 57.4 Å². The Kier molecular flexibility index (Phi) is 6.35. The molecule has 1 aliphatic rings. The van der Waals surface area contributed by atoms with E-state index in [1.54, 1.807) is 0 Å². The van der Waals surface area contributed by atoms with Gasteiger partial charge in [-0.1, -0.05) is 60.5 Å². The minimum Gasteiger partial charge on any atom is -0.415 e. The molecule has 5 heteroatoms. The van der Waals surface area contributed by atoms with Crippen LogP contribution in [0.3, 0.4) is 0 Å². The Morgan fingerprint density at radius 2 is 1.31 bits per heavy atom. The van der Waals surface area contributed by atoms with Crippen LogP contribution in [0.1, 0.15) is 46.7 Å². The normalized spacial score (nSPS) is 15.2.